The number of alkyl halides is 2. The molecule has 7 nitrogen and oxygen atoms in total. The zero-order valence-electron chi connectivity index (χ0n) is 12.8. The SMILES string of the molecule is N#CC1CC(F)(F)CN1C(=O)CNC(=O)c1ncnc2c1CCC2. The molecule has 3 rings (SSSR count). The highest BCUT2D eigenvalue weighted by Gasteiger charge is 2.47. The third-order valence-corrected chi connectivity index (χ3v) is 4.23. The zero-order chi connectivity index (χ0) is 17.3. The Bertz CT molecular complexity index is 731. The van der Waals surface area contributed by atoms with Gasteiger partial charge in [-0.1, -0.05) is 0 Å². The lowest BCUT2D eigenvalue weighted by atomic mass is 10.1. The van der Waals surface area contributed by atoms with E-state index in [9.17, 15) is 18.4 Å². The molecular weight excluding hydrogens is 320 g/mol. The summed E-state index contributed by atoms with van der Waals surface area (Å²) in [6.45, 7) is -1.26. The Kier molecular flexibility index (Phi) is 4.13. The number of amides is 2. The lowest BCUT2D eigenvalue weighted by Crippen LogP contribution is -2.43. The second-order valence-electron chi connectivity index (χ2n) is 5.91. The summed E-state index contributed by atoms with van der Waals surface area (Å²) < 4.78 is 26.7. The van der Waals surface area contributed by atoms with Crippen LogP contribution in [0.25, 0.3) is 0 Å². The fraction of sp³-hybridized carbons (Fsp3) is 0.533. The zero-order valence-corrected chi connectivity index (χ0v) is 12.8. The molecule has 2 aliphatic rings. The highest BCUT2D eigenvalue weighted by molar-refractivity contribution is 5.96. The number of halogens is 2. The van der Waals surface area contributed by atoms with E-state index in [1.165, 1.54) is 6.33 Å². The molecular formula is C15H15F2N5O2. The van der Waals surface area contributed by atoms with Gasteiger partial charge in [0.25, 0.3) is 11.8 Å². The maximum atomic E-state index is 13.4. The molecule has 1 aliphatic heterocycles. The van der Waals surface area contributed by atoms with Crippen LogP contribution in [0.2, 0.25) is 0 Å². The largest absolute Gasteiger partial charge is 0.342 e. The quantitative estimate of drug-likeness (QED) is 0.865. The van der Waals surface area contributed by atoms with E-state index in [1.807, 2.05) is 0 Å². The van der Waals surface area contributed by atoms with Crippen molar-refractivity contribution in [2.24, 2.45) is 0 Å². The van der Waals surface area contributed by atoms with Crippen molar-refractivity contribution in [3.63, 3.8) is 0 Å². The average Bonchev–Trinajstić information content (AvgIpc) is 3.15. The molecule has 0 saturated carbocycles. The van der Waals surface area contributed by atoms with E-state index < -0.39 is 43.3 Å². The Labute approximate surface area is 136 Å². The van der Waals surface area contributed by atoms with Crippen molar-refractivity contribution in [2.45, 2.75) is 37.6 Å². The molecule has 0 aromatic carbocycles. The third-order valence-electron chi connectivity index (χ3n) is 4.23. The van der Waals surface area contributed by atoms with Crippen LogP contribution >= 0.6 is 0 Å². The van der Waals surface area contributed by atoms with Crippen molar-refractivity contribution in [1.82, 2.24) is 20.2 Å². The maximum absolute atomic E-state index is 13.4. The summed E-state index contributed by atoms with van der Waals surface area (Å²) >= 11 is 0. The molecule has 1 saturated heterocycles. The molecule has 1 atom stereocenters. The van der Waals surface area contributed by atoms with Gasteiger partial charge < -0.3 is 10.2 Å². The van der Waals surface area contributed by atoms with Crippen LogP contribution in [0.5, 0.6) is 0 Å². The molecule has 0 bridgehead atoms. The van der Waals surface area contributed by atoms with Crippen molar-refractivity contribution >= 4 is 11.8 Å². The van der Waals surface area contributed by atoms with Crippen molar-refractivity contribution in [1.29, 1.82) is 5.26 Å². The minimum absolute atomic E-state index is 0.217. The van der Waals surface area contributed by atoms with Crippen LogP contribution in [0.1, 0.15) is 34.6 Å². The van der Waals surface area contributed by atoms with Crippen LogP contribution in [0.3, 0.4) is 0 Å². The molecule has 1 aromatic heterocycles. The second-order valence-corrected chi connectivity index (χ2v) is 5.91. The van der Waals surface area contributed by atoms with Gasteiger partial charge in [0.2, 0.25) is 5.91 Å². The topological polar surface area (TPSA) is 99.0 Å². The number of likely N-dealkylation sites (tertiary alicyclic amines) is 1. The van der Waals surface area contributed by atoms with Gasteiger partial charge in [-0.2, -0.15) is 5.26 Å². The van der Waals surface area contributed by atoms with Crippen LogP contribution in [0.15, 0.2) is 6.33 Å². The molecule has 24 heavy (non-hydrogen) atoms. The van der Waals surface area contributed by atoms with E-state index in [0.29, 0.717) is 6.42 Å². The molecule has 0 spiro atoms. The summed E-state index contributed by atoms with van der Waals surface area (Å²) in [7, 11) is 0. The summed E-state index contributed by atoms with van der Waals surface area (Å²) in [5, 5.41) is 11.3. The number of nitriles is 1. The van der Waals surface area contributed by atoms with Gasteiger partial charge in [-0.25, -0.2) is 18.7 Å². The van der Waals surface area contributed by atoms with Gasteiger partial charge in [-0.15, -0.1) is 0 Å². The first kappa shape index (κ1) is 16.2. The fourth-order valence-electron chi connectivity index (χ4n) is 3.09. The summed E-state index contributed by atoms with van der Waals surface area (Å²) in [6, 6.07) is 0.522. The Balaban J connectivity index is 1.64. The lowest BCUT2D eigenvalue weighted by Gasteiger charge is -2.19. The number of hydrogen-bond acceptors (Lipinski definition) is 5. The summed E-state index contributed by atoms with van der Waals surface area (Å²) in [4.78, 5) is 33.2. The van der Waals surface area contributed by atoms with E-state index in [4.69, 9.17) is 5.26 Å². The van der Waals surface area contributed by atoms with E-state index in [0.717, 1.165) is 29.0 Å². The first-order valence-corrected chi connectivity index (χ1v) is 7.59. The smallest absolute Gasteiger partial charge is 0.270 e. The van der Waals surface area contributed by atoms with Crippen molar-refractivity contribution in [2.75, 3.05) is 13.1 Å². The highest BCUT2D eigenvalue weighted by atomic mass is 19.3. The number of carbonyl (C=O) groups excluding carboxylic acids is 2. The van der Waals surface area contributed by atoms with Gasteiger partial charge in [0.05, 0.1) is 19.2 Å². The molecule has 9 heteroatoms. The Morgan fingerprint density at radius 2 is 2.21 bits per heavy atom. The van der Waals surface area contributed by atoms with Crippen LogP contribution < -0.4 is 5.32 Å². The number of nitrogens with zero attached hydrogens (tertiary/aromatic N) is 4. The number of aryl methyl sites for hydroxylation is 1. The molecule has 1 unspecified atom stereocenters. The van der Waals surface area contributed by atoms with E-state index in [-0.39, 0.29) is 5.69 Å². The molecule has 2 amide bonds. The molecule has 1 fully saturated rings. The summed E-state index contributed by atoms with van der Waals surface area (Å²) in [5.74, 6) is -4.32. The van der Waals surface area contributed by atoms with Gasteiger partial charge in [-0.3, -0.25) is 9.59 Å². The maximum Gasteiger partial charge on any atom is 0.270 e. The molecule has 2 heterocycles. The number of rotatable bonds is 3. The molecule has 0 radical (unpaired) electrons. The fourth-order valence-corrected chi connectivity index (χ4v) is 3.09. The van der Waals surface area contributed by atoms with Crippen LogP contribution in [-0.4, -0.2) is 51.7 Å². The van der Waals surface area contributed by atoms with Crippen molar-refractivity contribution in [3.8, 4) is 6.07 Å². The first-order valence-electron chi connectivity index (χ1n) is 7.59. The molecule has 1 aliphatic carbocycles. The van der Waals surface area contributed by atoms with Gasteiger partial charge >= 0.3 is 0 Å². The number of fused-ring (bicyclic) bond motifs is 1. The van der Waals surface area contributed by atoms with Crippen molar-refractivity contribution in [3.05, 3.63) is 23.3 Å². The number of hydrogen-bond donors (Lipinski definition) is 1. The molecule has 126 valence electrons. The minimum atomic E-state index is -3.08. The van der Waals surface area contributed by atoms with E-state index >= 15 is 0 Å². The van der Waals surface area contributed by atoms with Gasteiger partial charge in [0.1, 0.15) is 18.1 Å². The number of carbonyl (C=O) groups is 2. The lowest BCUT2D eigenvalue weighted by molar-refractivity contribution is -0.131. The van der Waals surface area contributed by atoms with Crippen LogP contribution in [0.4, 0.5) is 8.78 Å². The summed E-state index contributed by atoms with van der Waals surface area (Å²) in [6.07, 6.45) is 2.99. The minimum Gasteiger partial charge on any atom is -0.342 e. The monoisotopic (exact) mass is 335 g/mol. The predicted octanol–water partition coefficient (Wildman–Crippen LogP) is 0.455. The number of nitrogens with one attached hydrogen (secondary N) is 1. The molecule has 1 N–H and O–H groups in total. The predicted molar refractivity (Wildman–Crippen MR) is 77.1 cm³/mol. The third kappa shape index (κ3) is 3.04. The Hall–Kier alpha value is -2.63. The van der Waals surface area contributed by atoms with Gasteiger partial charge in [0, 0.05) is 17.7 Å². The first-order chi connectivity index (χ1) is 11.4. The molecule has 1 aromatic rings. The normalized spacial score (nSPS) is 21.2. The highest BCUT2D eigenvalue weighted by Crippen LogP contribution is 2.31. The summed E-state index contributed by atoms with van der Waals surface area (Å²) in [5.41, 5.74) is 1.81. The van der Waals surface area contributed by atoms with Gasteiger partial charge in [-0.05, 0) is 19.3 Å². The van der Waals surface area contributed by atoms with Crippen LogP contribution in [0, 0.1) is 11.3 Å². The van der Waals surface area contributed by atoms with Gasteiger partial charge in [0.15, 0.2) is 0 Å². The Morgan fingerprint density at radius 3 is 2.96 bits per heavy atom. The van der Waals surface area contributed by atoms with E-state index in [1.54, 1.807) is 6.07 Å². The average molecular weight is 335 g/mol. The van der Waals surface area contributed by atoms with Crippen molar-refractivity contribution < 1.29 is 18.4 Å². The van der Waals surface area contributed by atoms with E-state index in [2.05, 4.69) is 15.3 Å². The standard InChI is InChI=1S/C15H15F2N5O2/c16-15(17)4-9(5-18)22(7-15)12(23)6-19-14(24)13-10-2-1-3-11(10)20-8-21-13/h8-9H,1-4,6-7H2,(H,19,24). The second kappa shape index (κ2) is 6.11. The number of aromatic nitrogens is 2. The van der Waals surface area contributed by atoms with Crippen LogP contribution in [-0.2, 0) is 17.6 Å². The Morgan fingerprint density at radius 1 is 1.42 bits per heavy atom.